The molecular formula is C11H13N3O3. The van der Waals surface area contributed by atoms with Gasteiger partial charge in [0.1, 0.15) is 0 Å². The van der Waals surface area contributed by atoms with Crippen molar-refractivity contribution in [2.45, 2.75) is 26.3 Å². The molecule has 0 spiro atoms. The third-order valence-electron chi connectivity index (χ3n) is 2.28. The minimum Gasteiger partial charge on any atom is -0.476 e. The summed E-state index contributed by atoms with van der Waals surface area (Å²) in [5, 5.41) is 16.4. The van der Waals surface area contributed by atoms with Crippen molar-refractivity contribution in [1.82, 2.24) is 14.9 Å². The predicted molar refractivity (Wildman–Crippen MR) is 59.7 cm³/mol. The first-order valence-corrected chi connectivity index (χ1v) is 5.13. The van der Waals surface area contributed by atoms with E-state index < -0.39 is 5.97 Å². The third kappa shape index (κ3) is 2.20. The van der Waals surface area contributed by atoms with Crippen molar-refractivity contribution >= 4 is 5.97 Å². The topological polar surface area (TPSA) is 81.2 Å². The first kappa shape index (κ1) is 11.4. The lowest BCUT2D eigenvalue weighted by Gasteiger charge is -2.18. The van der Waals surface area contributed by atoms with Crippen LogP contribution in [0.4, 0.5) is 0 Å². The van der Waals surface area contributed by atoms with Crippen LogP contribution in [0.1, 0.15) is 31.3 Å². The van der Waals surface area contributed by atoms with Crippen molar-refractivity contribution in [2.24, 2.45) is 0 Å². The number of carboxylic acids is 1. The standard InChI is InChI=1S/C11H13N3O3/c1-11(2,3)14-6-7(5-12-14)9-4-8(10(15)16)13-17-9/h4-6H,1-3H3,(H,15,16). The lowest BCUT2D eigenvalue weighted by molar-refractivity contribution is 0.0686. The second-order valence-electron chi connectivity index (χ2n) is 4.73. The van der Waals surface area contributed by atoms with Crippen LogP contribution in [0.2, 0.25) is 0 Å². The molecule has 0 radical (unpaired) electrons. The van der Waals surface area contributed by atoms with E-state index in [-0.39, 0.29) is 11.2 Å². The Morgan fingerprint density at radius 2 is 2.18 bits per heavy atom. The number of hydrogen-bond acceptors (Lipinski definition) is 4. The Kier molecular flexibility index (Phi) is 2.49. The summed E-state index contributed by atoms with van der Waals surface area (Å²) in [6.07, 6.45) is 3.42. The number of nitrogens with zero attached hydrogens (tertiary/aromatic N) is 3. The van der Waals surface area contributed by atoms with Crippen molar-refractivity contribution < 1.29 is 14.4 Å². The fourth-order valence-corrected chi connectivity index (χ4v) is 1.33. The molecule has 0 fully saturated rings. The van der Waals surface area contributed by atoms with Crippen molar-refractivity contribution in [3.8, 4) is 11.3 Å². The minimum absolute atomic E-state index is 0.108. The third-order valence-corrected chi connectivity index (χ3v) is 2.28. The average molecular weight is 235 g/mol. The molecule has 1 N–H and O–H groups in total. The van der Waals surface area contributed by atoms with Crippen LogP contribution in [0, 0.1) is 0 Å². The fraction of sp³-hybridized carbons (Fsp3) is 0.364. The Bertz CT molecular complexity index is 548. The number of aromatic carboxylic acids is 1. The molecule has 0 saturated carbocycles. The molecule has 17 heavy (non-hydrogen) atoms. The van der Waals surface area contributed by atoms with Gasteiger partial charge in [0.25, 0.3) is 0 Å². The SMILES string of the molecule is CC(C)(C)n1cc(-c2cc(C(=O)O)no2)cn1. The summed E-state index contributed by atoms with van der Waals surface area (Å²) in [5.41, 5.74) is 0.469. The molecule has 0 atom stereocenters. The Morgan fingerprint density at radius 1 is 1.47 bits per heavy atom. The van der Waals surface area contributed by atoms with E-state index in [0.717, 1.165) is 0 Å². The first-order chi connectivity index (χ1) is 7.88. The Labute approximate surface area is 97.8 Å². The maximum absolute atomic E-state index is 10.7. The predicted octanol–water partition coefficient (Wildman–Crippen LogP) is 1.99. The van der Waals surface area contributed by atoms with Gasteiger partial charge in [-0.25, -0.2) is 4.79 Å². The number of carboxylic acid groups (broad SMARTS) is 1. The number of hydrogen-bond donors (Lipinski definition) is 1. The molecule has 6 nitrogen and oxygen atoms in total. The van der Waals surface area contributed by atoms with E-state index in [1.807, 2.05) is 20.8 Å². The molecule has 2 rings (SSSR count). The zero-order valence-electron chi connectivity index (χ0n) is 9.84. The molecule has 0 aliphatic heterocycles. The maximum Gasteiger partial charge on any atom is 0.358 e. The second-order valence-corrected chi connectivity index (χ2v) is 4.73. The van der Waals surface area contributed by atoms with Crippen molar-refractivity contribution in [2.75, 3.05) is 0 Å². The molecule has 6 heteroatoms. The molecule has 2 aromatic rings. The highest BCUT2D eigenvalue weighted by Gasteiger charge is 2.17. The summed E-state index contributed by atoms with van der Waals surface area (Å²) in [6.45, 7) is 6.06. The van der Waals surface area contributed by atoms with Gasteiger partial charge in [-0.1, -0.05) is 5.16 Å². The fourth-order valence-electron chi connectivity index (χ4n) is 1.33. The Morgan fingerprint density at radius 3 is 2.65 bits per heavy atom. The van der Waals surface area contributed by atoms with Crippen LogP contribution in [-0.2, 0) is 5.54 Å². The summed E-state index contributed by atoms with van der Waals surface area (Å²) < 4.78 is 6.74. The second kappa shape index (κ2) is 3.73. The molecule has 0 unspecified atom stereocenters. The van der Waals surface area contributed by atoms with E-state index in [1.165, 1.54) is 6.07 Å². The maximum atomic E-state index is 10.7. The van der Waals surface area contributed by atoms with Crippen LogP contribution >= 0.6 is 0 Å². The lowest BCUT2D eigenvalue weighted by Crippen LogP contribution is -2.21. The normalized spacial score (nSPS) is 11.7. The van der Waals surface area contributed by atoms with Gasteiger partial charge >= 0.3 is 5.97 Å². The van der Waals surface area contributed by atoms with Gasteiger partial charge in [-0.05, 0) is 20.8 Å². The molecule has 2 aromatic heterocycles. The van der Waals surface area contributed by atoms with E-state index in [9.17, 15) is 4.79 Å². The van der Waals surface area contributed by atoms with Crippen molar-refractivity contribution in [3.05, 3.63) is 24.2 Å². The van der Waals surface area contributed by atoms with E-state index in [2.05, 4.69) is 10.3 Å². The molecule has 90 valence electrons. The molecule has 0 amide bonds. The highest BCUT2D eigenvalue weighted by molar-refractivity contribution is 5.86. The van der Waals surface area contributed by atoms with Crippen LogP contribution in [0.5, 0.6) is 0 Å². The van der Waals surface area contributed by atoms with Gasteiger partial charge in [0.15, 0.2) is 11.5 Å². The highest BCUT2D eigenvalue weighted by Crippen LogP contribution is 2.22. The van der Waals surface area contributed by atoms with Gasteiger partial charge < -0.3 is 9.63 Å². The number of carbonyl (C=O) groups is 1. The van der Waals surface area contributed by atoms with E-state index in [4.69, 9.17) is 9.63 Å². The molecular weight excluding hydrogens is 222 g/mol. The number of aromatic nitrogens is 3. The molecule has 0 aliphatic rings. The lowest BCUT2D eigenvalue weighted by atomic mass is 10.1. The first-order valence-electron chi connectivity index (χ1n) is 5.13. The summed E-state index contributed by atoms with van der Waals surface area (Å²) in [5.74, 6) is -0.707. The van der Waals surface area contributed by atoms with Crippen LogP contribution < -0.4 is 0 Å². The Hall–Kier alpha value is -2.11. The van der Waals surface area contributed by atoms with Gasteiger partial charge in [0.2, 0.25) is 0 Å². The van der Waals surface area contributed by atoms with Crippen LogP contribution in [-0.4, -0.2) is 26.0 Å². The minimum atomic E-state index is -1.11. The summed E-state index contributed by atoms with van der Waals surface area (Å²) >= 11 is 0. The van der Waals surface area contributed by atoms with Gasteiger partial charge in [-0.2, -0.15) is 5.10 Å². The van der Waals surface area contributed by atoms with E-state index in [1.54, 1.807) is 17.1 Å². The molecule has 2 heterocycles. The molecule has 0 aliphatic carbocycles. The molecule has 0 aromatic carbocycles. The van der Waals surface area contributed by atoms with Crippen LogP contribution in [0.25, 0.3) is 11.3 Å². The zero-order valence-corrected chi connectivity index (χ0v) is 9.84. The van der Waals surface area contributed by atoms with Gasteiger partial charge in [-0.15, -0.1) is 0 Å². The highest BCUT2D eigenvalue weighted by atomic mass is 16.5. The van der Waals surface area contributed by atoms with Crippen molar-refractivity contribution in [1.29, 1.82) is 0 Å². The molecule has 0 bridgehead atoms. The zero-order chi connectivity index (χ0) is 12.6. The summed E-state index contributed by atoms with van der Waals surface area (Å²) in [4.78, 5) is 10.7. The number of rotatable bonds is 2. The van der Waals surface area contributed by atoms with E-state index >= 15 is 0 Å². The average Bonchev–Trinajstić information content (AvgIpc) is 2.85. The quantitative estimate of drug-likeness (QED) is 0.860. The smallest absolute Gasteiger partial charge is 0.358 e. The monoisotopic (exact) mass is 235 g/mol. The Balaban J connectivity index is 2.34. The van der Waals surface area contributed by atoms with Gasteiger partial charge in [-0.3, -0.25) is 4.68 Å². The summed E-state index contributed by atoms with van der Waals surface area (Å²) in [6, 6.07) is 1.38. The van der Waals surface area contributed by atoms with Crippen LogP contribution in [0.3, 0.4) is 0 Å². The largest absolute Gasteiger partial charge is 0.476 e. The summed E-state index contributed by atoms with van der Waals surface area (Å²) in [7, 11) is 0. The van der Waals surface area contributed by atoms with E-state index in [0.29, 0.717) is 11.3 Å². The van der Waals surface area contributed by atoms with Crippen molar-refractivity contribution in [3.63, 3.8) is 0 Å². The molecule has 0 saturated heterocycles. The van der Waals surface area contributed by atoms with Crippen LogP contribution in [0.15, 0.2) is 23.0 Å². The van der Waals surface area contributed by atoms with Gasteiger partial charge in [0.05, 0.1) is 17.3 Å². The van der Waals surface area contributed by atoms with Gasteiger partial charge in [0, 0.05) is 12.3 Å².